The van der Waals surface area contributed by atoms with E-state index in [0.29, 0.717) is 5.56 Å². The lowest BCUT2D eigenvalue weighted by Crippen LogP contribution is -2.11. The molecule has 20 heavy (non-hydrogen) atoms. The average Bonchev–Trinajstić information content (AvgIpc) is 2.36. The van der Waals surface area contributed by atoms with Crippen molar-refractivity contribution in [3.63, 3.8) is 0 Å². The maximum atomic E-state index is 13.5. The van der Waals surface area contributed by atoms with E-state index in [1.807, 2.05) is 13.8 Å². The summed E-state index contributed by atoms with van der Waals surface area (Å²) in [5.74, 6) is -0.0530. The molecule has 0 aliphatic carbocycles. The Hall–Kier alpha value is -1.95. The summed E-state index contributed by atoms with van der Waals surface area (Å²) >= 11 is 5.79. The Balaban J connectivity index is 2.09. The Labute approximate surface area is 121 Å². The summed E-state index contributed by atoms with van der Waals surface area (Å²) in [5, 5.41) is 2.91. The fraction of sp³-hybridized carbons (Fsp3) is 0.308. The predicted octanol–water partition coefficient (Wildman–Crippen LogP) is 3.06. The van der Waals surface area contributed by atoms with Crippen molar-refractivity contribution in [2.24, 2.45) is 0 Å². The quantitative estimate of drug-likeness (QED) is 0.919. The number of hydrogen-bond donors (Lipinski definition) is 1. The number of benzene rings is 1. The van der Waals surface area contributed by atoms with Gasteiger partial charge < -0.3 is 10.1 Å². The van der Waals surface area contributed by atoms with Crippen molar-refractivity contribution in [3.8, 4) is 6.01 Å². The molecule has 1 aromatic heterocycles. The SMILES string of the molecule is CC(C)Oc1nc(Cl)nc(NCc2ccccc2F)n1. The summed E-state index contributed by atoms with van der Waals surface area (Å²) in [5.41, 5.74) is 0.510. The topological polar surface area (TPSA) is 59.9 Å². The van der Waals surface area contributed by atoms with E-state index in [4.69, 9.17) is 16.3 Å². The molecule has 106 valence electrons. The Kier molecular flexibility index (Phi) is 4.68. The Bertz CT molecular complexity index is 594. The minimum atomic E-state index is -0.293. The van der Waals surface area contributed by atoms with Crippen molar-refractivity contribution < 1.29 is 9.13 Å². The van der Waals surface area contributed by atoms with Crippen molar-refractivity contribution in [1.29, 1.82) is 0 Å². The van der Waals surface area contributed by atoms with Crippen LogP contribution in [0.4, 0.5) is 10.3 Å². The molecule has 1 N–H and O–H groups in total. The second-order valence-electron chi connectivity index (χ2n) is 4.32. The highest BCUT2D eigenvalue weighted by molar-refractivity contribution is 6.28. The number of nitrogens with one attached hydrogen (secondary N) is 1. The van der Waals surface area contributed by atoms with Gasteiger partial charge in [-0.3, -0.25) is 0 Å². The van der Waals surface area contributed by atoms with Crippen LogP contribution in [0.2, 0.25) is 5.28 Å². The monoisotopic (exact) mass is 296 g/mol. The number of halogens is 2. The van der Waals surface area contributed by atoms with Gasteiger partial charge in [0.25, 0.3) is 0 Å². The van der Waals surface area contributed by atoms with Crippen LogP contribution < -0.4 is 10.1 Å². The smallest absolute Gasteiger partial charge is 0.322 e. The van der Waals surface area contributed by atoms with Crippen LogP contribution >= 0.6 is 11.6 Å². The number of aromatic nitrogens is 3. The molecule has 0 spiro atoms. The van der Waals surface area contributed by atoms with E-state index in [2.05, 4.69) is 20.3 Å². The minimum Gasteiger partial charge on any atom is -0.461 e. The molecule has 0 radical (unpaired) electrons. The summed E-state index contributed by atoms with van der Waals surface area (Å²) in [4.78, 5) is 11.8. The van der Waals surface area contributed by atoms with Crippen molar-refractivity contribution in [1.82, 2.24) is 15.0 Å². The molecule has 0 aliphatic heterocycles. The summed E-state index contributed by atoms with van der Waals surface area (Å²) in [6.07, 6.45) is -0.0760. The molecule has 1 heterocycles. The van der Waals surface area contributed by atoms with Gasteiger partial charge in [-0.2, -0.15) is 15.0 Å². The molecule has 0 unspecified atom stereocenters. The molecule has 0 bridgehead atoms. The van der Waals surface area contributed by atoms with Gasteiger partial charge in [-0.15, -0.1) is 0 Å². The van der Waals surface area contributed by atoms with E-state index in [1.54, 1.807) is 18.2 Å². The molecule has 0 atom stereocenters. The lowest BCUT2D eigenvalue weighted by atomic mass is 10.2. The first kappa shape index (κ1) is 14.5. The molecule has 0 fully saturated rings. The molecule has 0 saturated carbocycles. The Morgan fingerprint density at radius 1 is 1.25 bits per heavy atom. The van der Waals surface area contributed by atoms with Crippen LogP contribution in [0.3, 0.4) is 0 Å². The molecular weight excluding hydrogens is 283 g/mol. The summed E-state index contributed by atoms with van der Waals surface area (Å²) in [6.45, 7) is 3.95. The lowest BCUT2D eigenvalue weighted by molar-refractivity contribution is 0.222. The van der Waals surface area contributed by atoms with Gasteiger partial charge in [-0.05, 0) is 31.5 Å². The number of nitrogens with zero attached hydrogens (tertiary/aromatic N) is 3. The van der Waals surface area contributed by atoms with Crippen LogP contribution in [0.25, 0.3) is 0 Å². The van der Waals surface area contributed by atoms with E-state index in [0.717, 1.165) is 0 Å². The van der Waals surface area contributed by atoms with Gasteiger partial charge in [0.15, 0.2) is 0 Å². The summed E-state index contributed by atoms with van der Waals surface area (Å²) in [6, 6.07) is 6.60. The third-order valence-electron chi connectivity index (χ3n) is 2.32. The van der Waals surface area contributed by atoms with Crippen LogP contribution in [0.5, 0.6) is 6.01 Å². The number of hydrogen-bond acceptors (Lipinski definition) is 5. The Morgan fingerprint density at radius 3 is 2.70 bits per heavy atom. The molecule has 7 heteroatoms. The van der Waals surface area contributed by atoms with Gasteiger partial charge in [0.05, 0.1) is 6.10 Å². The predicted molar refractivity (Wildman–Crippen MR) is 74.3 cm³/mol. The van der Waals surface area contributed by atoms with Gasteiger partial charge in [0.1, 0.15) is 5.82 Å². The van der Waals surface area contributed by atoms with Gasteiger partial charge in [0.2, 0.25) is 11.2 Å². The lowest BCUT2D eigenvalue weighted by Gasteiger charge is -2.10. The largest absolute Gasteiger partial charge is 0.461 e. The van der Waals surface area contributed by atoms with Crippen molar-refractivity contribution >= 4 is 17.5 Å². The van der Waals surface area contributed by atoms with Crippen LogP contribution in [-0.4, -0.2) is 21.1 Å². The molecule has 1 aromatic carbocycles. The van der Waals surface area contributed by atoms with Crippen molar-refractivity contribution in [2.45, 2.75) is 26.5 Å². The average molecular weight is 297 g/mol. The zero-order chi connectivity index (χ0) is 14.5. The molecule has 0 amide bonds. The molecule has 5 nitrogen and oxygen atoms in total. The zero-order valence-corrected chi connectivity index (χ0v) is 11.9. The van der Waals surface area contributed by atoms with Gasteiger partial charge in [-0.1, -0.05) is 18.2 Å². The maximum Gasteiger partial charge on any atom is 0.322 e. The van der Waals surface area contributed by atoms with Crippen LogP contribution in [0, 0.1) is 5.82 Å². The van der Waals surface area contributed by atoms with Gasteiger partial charge in [0, 0.05) is 12.1 Å². The highest BCUT2D eigenvalue weighted by Gasteiger charge is 2.08. The maximum absolute atomic E-state index is 13.5. The van der Waals surface area contributed by atoms with E-state index < -0.39 is 0 Å². The highest BCUT2D eigenvalue weighted by atomic mass is 35.5. The molecule has 2 aromatic rings. The van der Waals surface area contributed by atoms with Crippen LogP contribution in [-0.2, 0) is 6.54 Å². The second-order valence-corrected chi connectivity index (χ2v) is 4.66. The van der Waals surface area contributed by atoms with Crippen molar-refractivity contribution in [2.75, 3.05) is 5.32 Å². The highest BCUT2D eigenvalue weighted by Crippen LogP contribution is 2.14. The zero-order valence-electron chi connectivity index (χ0n) is 11.1. The van der Waals surface area contributed by atoms with Gasteiger partial charge in [-0.25, -0.2) is 4.39 Å². The Morgan fingerprint density at radius 2 is 2.00 bits per heavy atom. The number of rotatable bonds is 5. The normalized spacial score (nSPS) is 10.7. The second kappa shape index (κ2) is 6.47. The number of anilines is 1. The molecule has 0 aliphatic rings. The minimum absolute atomic E-state index is 0.0201. The standard InChI is InChI=1S/C13H14ClFN4O/c1-8(2)20-13-18-11(14)17-12(19-13)16-7-9-5-3-4-6-10(9)15/h3-6,8H,7H2,1-2H3,(H,16,17,18,19). The van der Waals surface area contributed by atoms with Crippen LogP contribution in [0.1, 0.15) is 19.4 Å². The number of ether oxygens (including phenoxy) is 1. The first-order chi connectivity index (χ1) is 9.54. The van der Waals surface area contributed by atoms with E-state index in [9.17, 15) is 4.39 Å². The van der Waals surface area contributed by atoms with E-state index >= 15 is 0 Å². The van der Waals surface area contributed by atoms with Crippen molar-refractivity contribution in [3.05, 3.63) is 40.9 Å². The third-order valence-corrected chi connectivity index (χ3v) is 2.49. The first-order valence-corrected chi connectivity index (χ1v) is 6.48. The van der Waals surface area contributed by atoms with Crippen LogP contribution in [0.15, 0.2) is 24.3 Å². The first-order valence-electron chi connectivity index (χ1n) is 6.10. The molecule has 0 saturated heterocycles. The van der Waals surface area contributed by atoms with E-state index in [-0.39, 0.29) is 35.7 Å². The summed E-state index contributed by atoms with van der Waals surface area (Å²) < 4.78 is 18.8. The molecule has 2 rings (SSSR count). The molecular formula is C13H14ClFN4O. The van der Waals surface area contributed by atoms with Gasteiger partial charge >= 0.3 is 6.01 Å². The third kappa shape index (κ3) is 4.03. The summed E-state index contributed by atoms with van der Waals surface area (Å²) in [7, 11) is 0. The fourth-order valence-corrected chi connectivity index (χ4v) is 1.64. The fourth-order valence-electron chi connectivity index (χ4n) is 1.49. The van der Waals surface area contributed by atoms with E-state index in [1.165, 1.54) is 6.07 Å².